The molecular weight excluding hydrogens is 164 g/mol. The third-order valence-electron chi connectivity index (χ3n) is 1.62. The van der Waals surface area contributed by atoms with Crippen LogP contribution < -0.4 is 0 Å². The molecule has 1 heterocycles. The summed E-state index contributed by atoms with van der Waals surface area (Å²) in [5, 5.41) is 2.10. The molecule has 0 nitrogen and oxygen atoms in total. The van der Waals surface area contributed by atoms with Gasteiger partial charge in [-0.1, -0.05) is 13.0 Å². The van der Waals surface area contributed by atoms with Gasteiger partial charge in [-0.2, -0.15) is 0 Å². The number of halogens is 1. The van der Waals surface area contributed by atoms with Crippen LogP contribution in [0.5, 0.6) is 0 Å². The molecule has 10 heavy (non-hydrogen) atoms. The Labute approximate surface area is 70.8 Å². The summed E-state index contributed by atoms with van der Waals surface area (Å²) in [6.45, 7) is 2.17. The maximum Gasteiger partial charge on any atom is 0.0300 e. The van der Waals surface area contributed by atoms with Crippen molar-refractivity contribution in [3.05, 3.63) is 22.4 Å². The number of alkyl halides is 1. The van der Waals surface area contributed by atoms with Gasteiger partial charge in [-0.15, -0.1) is 22.9 Å². The molecule has 0 spiro atoms. The zero-order valence-corrected chi connectivity index (χ0v) is 7.58. The molecule has 0 aromatic carbocycles. The van der Waals surface area contributed by atoms with Crippen molar-refractivity contribution in [1.82, 2.24) is 0 Å². The molecule has 0 fully saturated rings. The van der Waals surface area contributed by atoms with E-state index in [1.54, 1.807) is 11.3 Å². The first-order valence-corrected chi connectivity index (χ1v) is 4.89. The molecule has 0 bridgehead atoms. The van der Waals surface area contributed by atoms with Gasteiger partial charge < -0.3 is 0 Å². The molecule has 0 saturated carbocycles. The van der Waals surface area contributed by atoms with Gasteiger partial charge in [0.2, 0.25) is 0 Å². The highest BCUT2D eigenvalue weighted by Crippen LogP contribution is 2.24. The Morgan fingerprint density at radius 3 is 2.90 bits per heavy atom. The van der Waals surface area contributed by atoms with Crippen LogP contribution in [0.2, 0.25) is 0 Å². The third-order valence-corrected chi connectivity index (χ3v) is 3.03. The van der Waals surface area contributed by atoms with Crippen LogP contribution >= 0.6 is 22.9 Å². The highest BCUT2D eigenvalue weighted by Gasteiger charge is 2.07. The van der Waals surface area contributed by atoms with Crippen molar-refractivity contribution < 1.29 is 0 Å². The Hall–Kier alpha value is -0.0100. The Balaban J connectivity index is 2.64. The Bertz CT molecular complexity index is 165. The van der Waals surface area contributed by atoms with Gasteiger partial charge in [0.1, 0.15) is 0 Å². The van der Waals surface area contributed by atoms with Gasteiger partial charge in [-0.05, 0) is 17.9 Å². The van der Waals surface area contributed by atoms with Crippen LogP contribution in [0.1, 0.15) is 24.1 Å². The molecule has 1 rings (SSSR count). The lowest BCUT2D eigenvalue weighted by Crippen LogP contribution is -1.94. The van der Waals surface area contributed by atoms with E-state index in [1.807, 2.05) is 0 Å². The van der Waals surface area contributed by atoms with E-state index in [0.29, 0.717) is 5.92 Å². The van der Waals surface area contributed by atoms with E-state index in [2.05, 4.69) is 24.4 Å². The average molecular weight is 175 g/mol. The summed E-state index contributed by atoms with van der Waals surface area (Å²) in [7, 11) is 0. The summed E-state index contributed by atoms with van der Waals surface area (Å²) in [6, 6.07) is 4.23. The summed E-state index contributed by atoms with van der Waals surface area (Å²) in [5.74, 6) is 1.32. The van der Waals surface area contributed by atoms with Crippen LogP contribution in [0.3, 0.4) is 0 Å². The van der Waals surface area contributed by atoms with E-state index in [0.717, 1.165) is 12.3 Å². The minimum Gasteiger partial charge on any atom is -0.149 e. The van der Waals surface area contributed by atoms with Crippen LogP contribution in [-0.2, 0) is 0 Å². The zero-order chi connectivity index (χ0) is 7.40. The Kier molecular flexibility index (Phi) is 3.23. The summed E-state index contributed by atoms with van der Waals surface area (Å²) in [5.41, 5.74) is 0. The maximum atomic E-state index is 5.77. The van der Waals surface area contributed by atoms with Gasteiger partial charge >= 0.3 is 0 Å². The molecular formula is C8H11ClS. The molecule has 1 unspecified atom stereocenters. The second kappa shape index (κ2) is 3.99. The standard InChI is InChI=1S/C8H11ClS/c1-2-7(6-9)8-4-3-5-10-8/h3-5,7H,2,6H2,1H3. The number of thiophene rings is 1. The van der Waals surface area contributed by atoms with Crippen molar-refractivity contribution in [2.75, 3.05) is 5.88 Å². The first kappa shape index (κ1) is 8.09. The van der Waals surface area contributed by atoms with E-state index >= 15 is 0 Å². The van der Waals surface area contributed by atoms with E-state index in [1.165, 1.54) is 4.88 Å². The monoisotopic (exact) mass is 174 g/mol. The predicted molar refractivity (Wildman–Crippen MR) is 48.1 cm³/mol. The molecule has 2 heteroatoms. The van der Waals surface area contributed by atoms with E-state index in [4.69, 9.17) is 11.6 Å². The molecule has 0 saturated heterocycles. The fourth-order valence-corrected chi connectivity index (χ4v) is 2.30. The van der Waals surface area contributed by atoms with Crippen molar-refractivity contribution in [3.63, 3.8) is 0 Å². The summed E-state index contributed by atoms with van der Waals surface area (Å²) in [4.78, 5) is 1.41. The summed E-state index contributed by atoms with van der Waals surface area (Å²) < 4.78 is 0. The van der Waals surface area contributed by atoms with Crippen molar-refractivity contribution in [3.8, 4) is 0 Å². The van der Waals surface area contributed by atoms with Gasteiger partial charge in [-0.25, -0.2) is 0 Å². The molecule has 56 valence electrons. The highest BCUT2D eigenvalue weighted by atomic mass is 35.5. The zero-order valence-electron chi connectivity index (χ0n) is 6.01. The average Bonchev–Trinajstić information content (AvgIpc) is 2.43. The lowest BCUT2D eigenvalue weighted by Gasteiger charge is -2.06. The van der Waals surface area contributed by atoms with Gasteiger partial charge in [0, 0.05) is 16.7 Å². The molecule has 0 aliphatic carbocycles. The van der Waals surface area contributed by atoms with Crippen molar-refractivity contribution in [2.45, 2.75) is 19.3 Å². The van der Waals surface area contributed by atoms with Crippen LogP contribution in [0.15, 0.2) is 17.5 Å². The first-order chi connectivity index (χ1) is 4.88. The van der Waals surface area contributed by atoms with Gasteiger partial charge in [0.15, 0.2) is 0 Å². The smallest absolute Gasteiger partial charge is 0.0300 e. The van der Waals surface area contributed by atoms with Crippen molar-refractivity contribution in [1.29, 1.82) is 0 Å². The first-order valence-electron chi connectivity index (χ1n) is 3.47. The molecule has 1 aromatic rings. The molecule has 0 aliphatic rings. The second-order valence-electron chi connectivity index (χ2n) is 2.27. The number of hydrogen-bond donors (Lipinski definition) is 0. The maximum absolute atomic E-state index is 5.77. The summed E-state index contributed by atoms with van der Waals surface area (Å²) >= 11 is 7.56. The third kappa shape index (κ3) is 1.74. The quantitative estimate of drug-likeness (QED) is 0.616. The van der Waals surface area contributed by atoms with Gasteiger partial charge in [0.25, 0.3) is 0 Å². The Morgan fingerprint density at radius 2 is 2.50 bits per heavy atom. The predicted octanol–water partition coefficient (Wildman–Crippen LogP) is 3.48. The van der Waals surface area contributed by atoms with Crippen molar-refractivity contribution >= 4 is 22.9 Å². The molecule has 0 aliphatic heterocycles. The second-order valence-corrected chi connectivity index (χ2v) is 3.56. The topological polar surface area (TPSA) is 0 Å². The molecule has 1 atom stereocenters. The molecule has 0 amide bonds. The largest absolute Gasteiger partial charge is 0.149 e. The lowest BCUT2D eigenvalue weighted by molar-refractivity contribution is 0.755. The number of rotatable bonds is 3. The van der Waals surface area contributed by atoms with E-state index in [-0.39, 0.29) is 0 Å². The van der Waals surface area contributed by atoms with Crippen LogP contribution in [0.4, 0.5) is 0 Å². The fraction of sp³-hybridized carbons (Fsp3) is 0.500. The lowest BCUT2D eigenvalue weighted by atomic mass is 10.1. The molecule has 0 radical (unpaired) electrons. The molecule has 0 N–H and O–H groups in total. The SMILES string of the molecule is CCC(CCl)c1cccs1. The van der Waals surface area contributed by atoms with Crippen LogP contribution in [-0.4, -0.2) is 5.88 Å². The minimum absolute atomic E-state index is 0.571. The fourth-order valence-electron chi connectivity index (χ4n) is 0.910. The normalized spacial score (nSPS) is 13.4. The van der Waals surface area contributed by atoms with Crippen LogP contribution in [0, 0.1) is 0 Å². The van der Waals surface area contributed by atoms with E-state index < -0.39 is 0 Å². The highest BCUT2D eigenvalue weighted by molar-refractivity contribution is 7.10. The minimum atomic E-state index is 0.571. The van der Waals surface area contributed by atoms with Crippen LogP contribution in [0.25, 0.3) is 0 Å². The van der Waals surface area contributed by atoms with E-state index in [9.17, 15) is 0 Å². The van der Waals surface area contributed by atoms with Crippen molar-refractivity contribution in [2.24, 2.45) is 0 Å². The molecule has 1 aromatic heterocycles. The Morgan fingerprint density at radius 1 is 1.70 bits per heavy atom. The number of hydrogen-bond acceptors (Lipinski definition) is 1. The van der Waals surface area contributed by atoms with Gasteiger partial charge in [-0.3, -0.25) is 0 Å². The van der Waals surface area contributed by atoms with Gasteiger partial charge in [0.05, 0.1) is 0 Å². The summed E-state index contributed by atoms with van der Waals surface area (Å²) in [6.07, 6.45) is 1.14.